The lowest BCUT2D eigenvalue weighted by molar-refractivity contribution is -0.141. The van der Waals surface area contributed by atoms with Gasteiger partial charge in [0.1, 0.15) is 0 Å². The van der Waals surface area contributed by atoms with Gasteiger partial charge in [0.25, 0.3) is 0 Å². The number of carbonyl (C=O) groups excluding carboxylic acids is 1. The first kappa shape index (κ1) is 10.2. The van der Waals surface area contributed by atoms with Crippen molar-refractivity contribution >= 4 is 11.7 Å². The molecule has 0 aromatic carbocycles. The Morgan fingerprint density at radius 3 is 2.38 bits per heavy atom. The quantitative estimate of drug-likeness (QED) is 0.462. The molecule has 0 heterocycles. The Labute approximate surface area is 79.1 Å². The minimum atomic E-state index is -0.335. The summed E-state index contributed by atoms with van der Waals surface area (Å²) in [5.74, 6) is 0.995. The Bertz CT molecular complexity index is 211. The van der Waals surface area contributed by atoms with Crippen molar-refractivity contribution in [1.29, 1.82) is 0 Å². The summed E-state index contributed by atoms with van der Waals surface area (Å²) in [6, 6.07) is 0. The summed E-state index contributed by atoms with van der Waals surface area (Å²) in [5, 5.41) is 3.85. The average Bonchev–Trinajstić information content (AvgIpc) is 1.99. The number of carbonyl (C=O) groups is 1. The van der Waals surface area contributed by atoms with E-state index >= 15 is 0 Å². The highest BCUT2D eigenvalue weighted by atomic mass is 16.7. The predicted molar refractivity (Wildman–Crippen MR) is 51.4 cm³/mol. The second-order valence-corrected chi connectivity index (χ2v) is 4.09. The molecule has 13 heavy (non-hydrogen) atoms. The highest BCUT2D eigenvalue weighted by Gasteiger charge is 2.20. The van der Waals surface area contributed by atoms with E-state index < -0.39 is 0 Å². The summed E-state index contributed by atoms with van der Waals surface area (Å²) >= 11 is 0. The first-order valence-corrected chi connectivity index (χ1v) is 4.81. The number of oxime groups is 1. The fourth-order valence-corrected chi connectivity index (χ4v) is 1.94. The average molecular weight is 183 g/mol. The van der Waals surface area contributed by atoms with E-state index in [1.165, 1.54) is 13.3 Å². The highest BCUT2D eigenvalue weighted by molar-refractivity contribution is 5.85. The van der Waals surface area contributed by atoms with Crippen molar-refractivity contribution in [3.63, 3.8) is 0 Å². The van der Waals surface area contributed by atoms with Crippen LogP contribution in [0.25, 0.3) is 0 Å². The summed E-state index contributed by atoms with van der Waals surface area (Å²) < 4.78 is 0. The number of hydrogen-bond donors (Lipinski definition) is 0. The van der Waals surface area contributed by atoms with E-state index in [0.717, 1.165) is 18.6 Å². The lowest BCUT2D eigenvalue weighted by Crippen LogP contribution is -2.19. The minimum Gasteiger partial charge on any atom is -0.319 e. The van der Waals surface area contributed by atoms with Gasteiger partial charge in [0.15, 0.2) is 0 Å². The molecule has 1 rings (SSSR count). The zero-order chi connectivity index (χ0) is 9.84. The molecule has 0 aromatic heterocycles. The maximum atomic E-state index is 10.5. The van der Waals surface area contributed by atoms with E-state index in [4.69, 9.17) is 0 Å². The minimum absolute atomic E-state index is 0.335. The molecule has 0 aliphatic heterocycles. The molecule has 0 aromatic rings. The van der Waals surface area contributed by atoms with E-state index in [1.807, 2.05) is 0 Å². The van der Waals surface area contributed by atoms with Crippen LogP contribution >= 0.6 is 0 Å². The third-order valence-corrected chi connectivity index (χ3v) is 2.28. The molecule has 0 N–H and O–H groups in total. The zero-order valence-electron chi connectivity index (χ0n) is 8.54. The van der Waals surface area contributed by atoms with Crippen molar-refractivity contribution in [3.05, 3.63) is 0 Å². The van der Waals surface area contributed by atoms with Gasteiger partial charge in [-0.1, -0.05) is 19.0 Å². The summed E-state index contributed by atoms with van der Waals surface area (Å²) in [4.78, 5) is 15.1. The van der Waals surface area contributed by atoms with Crippen molar-refractivity contribution < 1.29 is 9.63 Å². The molecule has 1 saturated carbocycles. The van der Waals surface area contributed by atoms with Crippen LogP contribution in [-0.2, 0) is 9.63 Å². The molecule has 1 aliphatic rings. The second kappa shape index (κ2) is 4.40. The second-order valence-electron chi connectivity index (χ2n) is 4.09. The monoisotopic (exact) mass is 183 g/mol. The Kier molecular flexibility index (Phi) is 3.46. The van der Waals surface area contributed by atoms with Gasteiger partial charge in [-0.05, 0) is 31.1 Å². The third kappa shape index (κ3) is 3.57. The van der Waals surface area contributed by atoms with Crippen LogP contribution in [0.5, 0.6) is 0 Å². The predicted octanol–water partition coefficient (Wildman–Crippen LogP) is 2.36. The van der Waals surface area contributed by atoms with E-state index in [-0.39, 0.29) is 5.97 Å². The van der Waals surface area contributed by atoms with Gasteiger partial charge >= 0.3 is 5.97 Å². The first-order chi connectivity index (χ1) is 6.08. The molecule has 2 atom stereocenters. The summed E-state index contributed by atoms with van der Waals surface area (Å²) in [5.41, 5.74) is 1.03. The van der Waals surface area contributed by atoms with E-state index in [9.17, 15) is 4.79 Å². The van der Waals surface area contributed by atoms with Gasteiger partial charge in [0, 0.05) is 6.92 Å². The van der Waals surface area contributed by atoms with E-state index in [1.54, 1.807) is 0 Å². The van der Waals surface area contributed by atoms with E-state index in [0.29, 0.717) is 11.8 Å². The molecule has 1 aliphatic carbocycles. The maximum absolute atomic E-state index is 10.5. The molecule has 0 spiro atoms. The SMILES string of the molecule is CC(=O)ON=C1CC(C)CC(C)C1. The highest BCUT2D eigenvalue weighted by Crippen LogP contribution is 2.26. The van der Waals surface area contributed by atoms with E-state index in [2.05, 4.69) is 23.8 Å². The lowest BCUT2D eigenvalue weighted by Gasteiger charge is -2.24. The number of rotatable bonds is 1. The lowest BCUT2D eigenvalue weighted by atomic mass is 9.82. The van der Waals surface area contributed by atoms with Gasteiger partial charge in [-0.2, -0.15) is 0 Å². The van der Waals surface area contributed by atoms with Crippen LogP contribution in [0, 0.1) is 11.8 Å². The van der Waals surface area contributed by atoms with Crippen LogP contribution in [0.3, 0.4) is 0 Å². The smallest absolute Gasteiger partial charge is 0.319 e. The van der Waals surface area contributed by atoms with Crippen LogP contribution in [0.15, 0.2) is 5.16 Å². The Balaban J connectivity index is 2.49. The maximum Gasteiger partial charge on any atom is 0.331 e. The Morgan fingerprint density at radius 2 is 1.92 bits per heavy atom. The first-order valence-electron chi connectivity index (χ1n) is 4.81. The molecular formula is C10H17NO2. The standard InChI is InChI=1S/C10H17NO2/c1-7-4-8(2)6-10(5-7)11-13-9(3)12/h7-8H,4-6H2,1-3H3. The fourth-order valence-electron chi connectivity index (χ4n) is 1.94. The fraction of sp³-hybridized carbons (Fsp3) is 0.800. The summed E-state index contributed by atoms with van der Waals surface area (Å²) in [6.45, 7) is 5.79. The number of nitrogens with zero attached hydrogens (tertiary/aromatic N) is 1. The van der Waals surface area contributed by atoms with Gasteiger partial charge in [0.2, 0.25) is 0 Å². The molecule has 3 nitrogen and oxygen atoms in total. The van der Waals surface area contributed by atoms with Crippen molar-refractivity contribution in [1.82, 2.24) is 0 Å². The molecule has 1 fully saturated rings. The largest absolute Gasteiger partial charge is 0.331 e. The van der Waals surface area contributed by atoms with Gasteiger partial charge in [-0.3, -0.25) is 0 Å². The van der Waals surface area contributed by atoms with Crippen LogP contribution in [0.4, 0.5) is 0 Å². The molecule has 74 valence electrons. The van der Waals surface area contributed by atoms with Gasteiger partial charge in [0.05, 0.1) is 5.71 Å². The van der Waals surface area contributed by atoms with Crippen LogP contribution < -0.4 is 0 Å². The van der Waals surface area contributed by atoms with Crippen LogP contribution in [-0.4, -0.2) is 11.7 Å². The molecule has 3 heteroatoms. The summed E-state index contributed by atoms with van der Waals surface area (Å²) in [7, 11) is 0. The van der Waals surface area contributed by atoms with Crippen molar-refractivity contribution in [2.75, 3.05) is 0 Å². The van der Waals surface area contributed by atoms with Crippen molar-refractivity contribution in [3.8, 4) is 0 Å². The number of hydrogen-bond acceptors (Lipinski definition) is 3. The molecule has 2 unspecified atom stereocenters. The van der Waals surface area contributed by atoms with Gasteiger partial charge in [-0.25, -0.2) is 4.79 Å². The summed E-state index contributed by atoms with van der Waals surface area (Å²) in [6.07, 6.45) is 3.19. The van der Waals surface area contributed by atoms with Crippen molar-refractivity contribution in [2.45, 2.75) is 40.0 Å². The van der Waals surface area contributed by atoms with Gasteiger partial charge < -0.3 is 4.84 Å². The molecule has 0 amide bonds. The molecule has 0 bridgehead atoms. The molecule has 0 saturated heterocycles. The third-order valence-electron chi connectivity index (χ3n) is 2.28. The van der Waals surface area contributed by atoms with Gasteiger partial charge in [-0.15, -0.1) is 0 Å². The normalized spacial score (nSPS) is 28.4. The Morgan fingerprint density at radius 1 is 1.38 bits per heavy atom. The Hall–Kier alpha value is -0.860. The van der Waals surface area contributed by atoms with Crippen molar-refractivity contribution in [2.24, 2.45) is 17.0 Å². The molecule has 0 radical (unpaired) electrons. The van der Waals surface area contributed by atoms with Crippen LogP contribution in [0.2, 0.25) is 0 Å². The topological polar surface area (TPSA) is 38.7 Å². The zero-order valence-corrected chi connectivity index (χ0v) is 8.54. The van der Waals surface area contributed by atoms with Crippen LogP contribution in [0.1, 0.15) is 40.0 Å². The molecular weight excluding hydrogens is 166 g/mol.